The second kappa shape index (κ2) is 4.71. The first kappa shape index (κ1) is 12.1. The maximum absolute atomic E-state index is 4.63. The normalized spacial score (nSPS) is 11.1. The van der Waals surface area contributed by atoms with Crippen LogP contribution in [-0.2, 0) is 0 Å². The van der Waals surface area contributed by atoms with Crippen LogP contribution in [-0.4, -0.2) is 4.98 Å². The Morgan fingerprint density at radius 2 is 1.43 bits per heavy atom. The van der Waals surface area contributed by atoms with Crippen LogP contribution in [0.3, 0.4) is 0 Å². The minimum atomic E-state index is 1.07. The number of benzene rings is 3. The Morgan fingerprint density at radius 1 is 0.667 bits per heavy atom. The lowest BCUT2D eigenvalue weighted by Crippen LogP contribution is -1.90. The van der Waals surface area contributed by atoms with Crippen LogP contribution in [0.2, 0.25) is 0 Å². The molecule has 0 bridgehead atoms. The predicted octanol–water partition coefficient (Wildman–Crippen LogP) is 5.36. The van der Waals surface area contributed by atoms with E-state index in [9.17, 15) is 0 Å². The van der Waals surface area contributed by atoms with Crippen molar-refractivity contribution in [3.63, 3.8) is 0 Å². The molecule has 1 heterocycles. The summed E-state index contributed by atoms with van der Waals surface area (Å²) in [7, 11) is 0. The largest absolute Gasteiger partial charge is 0.260 e. The van der Waals surface area contributed by atoms with Gasteiger partial charge in [0.1, 0.15) is 0 Å². The molecule has 0 radical (unpaired) electrons. The smallest absolute Gasteiger partial charge is 0.0457 e. The van der Waals surface area contributed by atoms with Gasteiger partial charge in [-0.3, -0.25) is 4.98 Å². The van der Waals surface area contributed by atoms with Crippen molar-refractivity contribution in [3.8, 4) is 11.1 Å². The number of nitrogens with zero attached hydrogens (tertiary/aromatic N) is 1. The lowest BCUT2D eigenvalue weighted by molar-refractivity contribution is 1.23. The highest BCUT2D eigenvalue weighted by atomic mass is 14.7. The summed E-state index contributed by atoms with van der Waals surface area (Å²) in [5, 5.41) is 5.01. The van der Waals surface area contributed by atoms with Gasteiger partial charge in [-0.05, 0) is 28.6 Å². The molecular weight excluding hydrogens is 254 g/mol. The van der Waals surface area contributed by atoms with Crippen molar-refractivity contribution < 1.29 is 0 Å². The van der Waals surface area contributed by atoms with E-state index in [1.54, 1.807) is 0 Å². The van der Waals surface area contributed by atoms with E-state index >= 15 is 0 Å². The molecule has 1 nitrogen and oxygen atoms in total. The zero-order valence-corrected chi connectivity index (χ0v) is 11.9. The molecule has 1 heteroatoms. The first-order valence-corrected chi connectivity index (χ1v) is 7.17. The topological polar surface area (TPSA) is 12.9 Å². The van der Waals surface area contributed by atoms with Gasteiger partial charge < -0.3 is 0 Å². The van der Waals surface area contributed by atoms with Crippen LogP contribution in [0.15, 0.2) is 72.9 Å². The van der Waals surface area contributed by atoms with Crippen molar-refractivity contribution in [1.82, 2.24) is 4.98 Å². The van der Waals surface area contributed by atoms with E-state index in [1.807, 2.05) is 12.3 Å². The van der Waals surface area contributed by atoms with Gasteiger partial charge in [0.25, 0.3) is 0 Å². The Bertz CT molecular complexity index is 940. The average molecular weight is 269 g/mol. The fourth-order valence-electron chi connectivity index (χ4n) is 3.04. The molecule has 0 atom stereocenters. The van der Waals surface area contributed by atoms with Crippen LogP contribution < -0.4 is 0 Å². The Morgan fingerprint density at radius 3 is 2.29 bits per heavy atom. The molecule has 0 spiro atoms. The minimum Gasteiger partial charge on any atom is -0.260 e. The van der Waals surface area contributed by atoms with Crippen LogP contribution in [0.1, 0.15) is 5.69 Å². The van der Waals surface area contributed by atoms with E-state index in [1.165, 1.54) is 32.7 Å². The highest BCUT2D eigenvalue weighted by Gasteiger charge is 2.10. The third kappa shape index (κ3) is 1.90. The molecule has 0 aliphatic carbocycles. The molecule has 4 aromatic rings. The Balaban J connectivity index is 2.16. The Hall–Kier alpha value is -2.67. The first-order valence-electron chi connectivity index (χ1n) is 7.17. The first-order chi connectivity index (χ1) is 10.3. The highest BCUT2D eigenvalue weighted by molar-refractivity contribution is 6.11. The maximum Gasteiger partial charge on any atom is 0.0457 e. The lowest BCUT2D eigenvalue weighted by Gasteiger charge is -2.11. The van der Waals surface area contributed by atoms with Crippen LogP contribution in [0, 0.1) is 6.92 Å². The van der Waals surface area contributed by atoms with Crippen molar-refractivity contribution in [2.45, 2.75) is 6.92 Å². The summed E-state index contributed by atoms with van der Waals surface area (Å²) < 4.78 is 0. The monoisotopic (exact) mass is 269 g/mol. The summed E-state index contributed by atoms with van der Waals surface area (Å²) in [6.07, 6.45) is 2.00. The number of hydrogen-bond donors (Lipinski definition) is 0. The standard InChI is InChI=1S/C20H15N/c1-14-20(16-8-3-2-4-9-16)18-12-11-15-7-5-6-10-17(15)19(18)13-21-14/h2-13H,1H3. The second-order valence-electron chi connectivity index (χ2n) is 5.33. The molecule has 1 aromatic heterocycles. The number of aryl methyl sites for hydroxylation is 1. The van der Waals surface area contributed by atoms with E-state index in [0.29, 0.717) is 0 Å². The number of rotatable bonds is 1. The lowest BCUT2D eigenvalue weighted by atomic mass is 9.95. The van der Waals surface area contributed by atoms with Crippen molar-refractivity contribution in [1.29, 1.82) is 0 Å². The molecule has 0 saturated carbocycles. The summed E-state index contributed by atoms with van der Waals surface area (Å²) in [5.74, 6) is 0. The average Bonchev–Trinajstić information content (AvgIpc) is 2.55. The van der Waals surface area contributed by atoms with Gasteiger partial charge in [-0.15, -0.1) is 0 Å². The molecule has 3 aromatic carbocycles. The van der Waals surface area contributed by atoms with Gasteiger partial charge in [-0.1, -0.05) is 66.7 Å². The number of aromatic nitrogens is 1. The molecule has 100 valence electrons. The van der Waals surface area contributed by atoms with Crippen molar-refractivity contribution in [2.75, 3.05) is 0 Å². The fourth-order valence-corrected chi connectivity index (χ4v) is 3.04. The van der Waals surface area contributed by atoms with Gasteiger partial charge in [0.15, 0.2) is 0 Å². The maximum atomic E-state index is 4.63. The van der Waals surface area contributed by atoms with Crippen molar-refractivity contribution in [3.05, 3.63) is 78.6 Å². The zero-order chi connectivity index (χ0) is 14.2. The van der Waals surface area contributed by atoms with Gasteiger partial charge in [0, 0.05) is 22.8 Å². The van der Waals surface area contributed by atoms with Crippen molar-refractivity contribution in [2.24, 2.45) is 0 Å². The Labute approximate surface area is 123 Å². The number of fused-ring (bicyclic) bond motifs is 3. The van der Waals surface area contributed by atoms with Crippen LogP contribution in [0.5, 0.6) is 0 Å². The summed E-state index contributed by atoms with van der Waals surface area (Å²) in [4.78, 5) is 4.63. The van der Waals surface area contributed by atoms with Gasteiger partial charge in [-0.2, -0.15) is 0 Å². The van der Waals surface area contributed by atoms with E-state index in [0.717, 1.165) is 5.69 Å². The number of pyridine rings is 1. The molecule has 0 aliphatic rings. The van der Waals surface area contributed by atoms with Crippen LogP contribution in [0.4, 0.5) is 0 Å². The summed E-state index contributed by atoms with van der Waals surface area (Å²) in [5.41, 5.74) is 3.53. The molecule has 0 saturated heterocycles. The molecular formula is C20H15N. The van der Waals surface area contributed by atoms with Gasteiger partial charge in [-0.25, -0.2) is 0 Å². The fraction of sp³-hybridized carbons (Fsp3) is 0.0500. The number of hydrogen-bond acceptors (Lipinski definition) is 1. The SMILES string of the molecule is Cc1ncc2c(ccc3ccccc32)c1-c1ccccc1. The molecule has 0 N–H and O–H groups in total. The van der Waals surface area contributed by atoms with Gasteiger partial charge in [0.05, 0.1) is 0 Å². The third-order valence-corrected chi connectivity index (χ3v) is 4.05. The van der Waals surface area contributed by atoms with E-state index < -0.39 is 0 Å². The van der Waals surface area contributed by atoms with Crippen LogP contribution >= 0.6 is 0 Å². The van der Waals surface area contributed by atoms with Crippen molar-refractivity contribution >= 4 is 21.5 Å². The summed E-state index contributed by atoms with van der Waals surface area (Å²) >= 11 is 0. The summed E-state index contributed by atoms with van der Waals surface area (Å²) in [6, 6.07) is 23.4. The molecule has 0 amide bonds. The second-order valence-corrected chi connectivity index (χ2v) is 5.33. The molecule has 0 fully saturated rings. The van der Waals surface area contributed by atoms with Gasteiger partial charge in [0.2, 0.25) is 0 Å². The van der Waals surface area contributed by atoms with E-state index in [2.05, 4.69) is 72.6 Å². The zero-order valence-electron chi connectivity index (χ0n) is 11.9. The molecule has 0 unspecified atom stereocenters. The summed E-state index contributed by atoms with van der Waals surface area (Å²) in [6.45, 7) is 2.08. The predicted molar refractivity (Wildman–Crippen MR) is 89.4 cm³/mol. The Kier molecular flexibility index (Phi) is 2.71. The molecule has 21 heavy (non-hydrogen) atoms. The molecule has 4 rings (SSSR count). The van der Waals surface area contributed by atoms with Crippen LogP contribution in [0.25, 0.3) is 32.7 Å². The van der Waals surface area contributed by atoms with E-state index in [-0.39, 0.29) is 0 Å². The molecule has 0 aliphatic heterocycles. The van der Waals surface area contributed by atoms with Gasteiger partial charge >= 0.3 is 0 Å². The highest BCUT2D eigenvalue weighted by Crippen LogP contribution is 2.34. The minimum absolute atomic E-state index is 1.07. The quantitative estimate of drug-likeness (QED) is 0.424. The van der Waals surface area contributed by atoms with E-state index in [4.69, 9.17) is 0 Å². The third-order valence-electron chi connectivity index (χ3n) is 4.05.